The zero-order chi connectivity index (χ0) is 13.0. The number of anilines is 1. The van der Waals surface area contributed by atoms with Crippen LogP contribution >= 0.6 is 0 Å². The van der Waals surface area contributed by atoms with Crippen molar-refractivity contribution in [3.63, 3.8) is 0 Å². The third kappa shape index (κ3) is 2.91. The van der Waals surface area contributed by atoms with Crippen molar-refractivity contribution in [1.82, 2.24) is 5.32 Å². The van der Waals surface area contributed by atoms with Crippen molar-refractivity contribution < 1.29 is 19.6 Å². The maximum Gasteiger partial charge on any atom is 0.313 e. The second-order valence-corrected chi connectivity index (χ2v) is 2.99. The lowest BCUT2D eigenvalue weighted by Crippen LogP contribution is -2.32. The fourth-order valence-corrected chi connectivity index (χ4v) is 1.03. The Morgan fingerprint density at radius 2 is 2.00 bits per heavy atom. The van der Waals surface area contributed by atoms with Gasteiger partial charge in [0.15, 0.2) is 0 Å². The van der Waals surface area contributed by atoms with Gasteiger partial charge in [0.1, 0.15) is 5.75 Å². The number of carbonyl (C=O) groups excluding carboxylic acids is 2. The van der Waals surface area contributed by atoms with Crippen LogP contribution in [0.4, 0.5) is 11.4 Å². The minimum absolute atomic E-state index is 0.0794. The van der Waals surface area contributed by atoms with E-state index < -0.39 is 22.5 Å². The smallest absolute Gasteiger partial charge is 0.313 e. The number of phenols is 1. The van der Waals surface area contributed by atoms with Crippen molar-refractivity contribution in [3.05, 3.63) is 28.3 Å². The molecule has 0 saturated carbocycles. The molecule has 3 N–H and O–H groups in total. The van der Waals surface area contributed by atoms with Crippen LogP contribution in [0.15, 0.2) is 18.2 Å². The van der Waals surface area contributed by atoms with Crippen LogP contribution in [0.3, 0.4) is 0 Å². The Morgan fingerprint density at radius 3 is 2.47 bits per heavy atom. The highest BCUT2D eigenvalue weighted by Gasteiger charge is 2.15. The molecule has 8 nitrogen and oxygen atoms in total. The average molecular weight is 239 g/mol. The Balaban J connectivity index is 2.90. The van der Waals surface area contributed by atoms with Crippen molar-refractivity contribution >= 4 is 23.2 Å². The van der Waals surface area contributed by atoms with Gasteiger partial charge in [-0.1, -0.05) is 0 Å². The molecule has 0 bridgehead atoms. The standard InChI is InChI=1S/C9H9N3O5/c1-10-8(14)9(15)11-6-3-2-5(12(16)17)4-7(6)13/h2-4,13H,1H3,(H,10,14)(H,11,15). The summed E-state index contributed by atoms with van der Waals surface area (Å²) in [4.78, 5) is 31.7. The molecular weight excluding hydrogens is 230 g/mol. The molecule has 0 spiro atoms. The number of nitro groups is 1. The van der Waals surface area contributed by atoms with Gasteiger partial charge >= 0.3 is 11.8 Å². The predicted octanol–water partition coefficient (Wildman–Crippen LogP) is -0.0151. The second kappa shape index (κ2) is 4.92. The van der Waals surface area contributed by atoms with E-state index in [0.717, 1.165) is 18.2 Å². The van der Waals surface area contributed by atoms with Gasteiger partial charge in [-0.3, -0.25) is 19.7 Å². The Bertz CT molecular complexity index is 486. The largest absolute Gasteiger partial charge is 0.506 e. The molecule has 1 aromatic rings. The van der Waals surface area contributed by atoms with Crippen LogP contribution in [0.25, 0.3) is 0 Å². The molecule has 0 saturated heterocycles. The molecule has 0 aliphatic rings. The molecule has 0 aliphatic carbocycles. The molecule has 0 atom stereocenters. The van der Waals surface area contributed by atoms with E-state index in [-0.39, 0.29) is 11.4 Å². The van der Waals surface area contributed by atoms with Crippen molar-refractivity contribution in [2.24, 2.45) is 0 Å². The lowest BCUT2D eigenvalue weighted by Gasteiger charge is -2.05. The van der Waals surface area contributed by atoms with Gasteiger partial charge in [-0.25, -0.2) is 0 Å². The van der Waals surface area contributed by atoms with Gasteiger partial charge in [-0.2, -0.15) is 0 Å². The summed E-state index contributed by atoms with van der Waals surface area (Å²) in [6.45, 7) is 0. The highest BCUT2D eigenvalue weighted by atomic mass is 16.6. The molecule has 90 valence electrons. The number of phenolic OH excluding ortho intramolecular Hbond substituents is 1. The number of amides is 2. The quantitative estimate of drug-likeness (QED) is 0.290. The number of rotatable bonds is 2. The summed E-state index contributed by atoms with van der Waals surface area (Å²) in [7, 11) is 1.28. The monoisotopic (exact) mass is 239 g/mol. The van der Waals surface area contributed by atoms with Crippen LogP contribution in [0.1, 0.15) is 0 Å². The van der Waals surface area contributed by atoms with Crippen LogP contribution < -0.4 is 10.6 Å². The maximum atomic E-state index is 11.1. The zero-order valence-corrected chi connectivity index (χ0v) is 8.76. The first kappa shape index (κ1) is 12.4. The van der Waals surface area contributed by atoms with Crippen LogP contribution in [0, 0.1) is 10.1 Å². The van der Waals surface area contributed by atoms with E-state index in [1.54, 1.807) is 0 Å². The number of non-ortho nitro benzene ring substituents is 1. The zero-order valence-electron chi connectivity index (χ0n) is 8.76. The number of nitrogens with zero attached hydrogens (tertiary/aromatic N) is 1. The minimum atomic E-state index is -0.975. The molecule has 0 unspecified atom stereocenters. The molecule has 0 aliphatic heterocycles. The summed E-state index contributed by atoms with van der Waals surface area (Å²) in [5, 5.41) is 24.0. The summed E-state index contributed by atoms with van der Waals surface area (Å²) < 4.78 is 0. The number of hydrogen-bond acceptors (Lipinski definition) is 5. The summed E-state index contributed by atoms with van der Waals surface area (Å²) >= 11 is 0. The minimum Gasteiger partial charge on any atom is -0.506 e. The van der Waals surface area contributed by atoms with Crippen molar-refractivity contribution in [2.45, 2.75) is 0 Å². The topological polar surface area (TPSA) is 122 Å². The van der Waals surface area contributed by atoms with Gasteiger partial charge in [0.2, 0.25) is 0 Å². The van der Waals surface area contributed by atoms with Crippen molar-refractivity contribution in [1.29, 1.82) is 0 Å². The lowest BCUT2D eigenvalue weighted by atomic mass is 10.2. The summed E-state index contributed by atoms with van der Waals surface area (Å²) in [5.74, 6) is -2.35. The van der Waals surface area contributed by atoms with Gasteiger partial charge < -0.3 is 15.7 Å². The van der Waals surface area contributed by atoms with Crippen LogP contribution in [0.2, 0.25) is 0 Å². The number of nitrogens with one attached hydrogen (secondary N) is 2. The summed E-state index contributed by atoms with van der Waals surface area (Å²) in [6.07, 6.45) is 0. The first-order valence-electron chi connectivity index (χ1n) is 4.46. The molecule has 17 heavy (non-hydrogen) atoms. The number of carbonyl (C=O) groups is 2. The third-order valence-corrected chi connectivity index (χ3v) is 1.87. The highest BCUT2D eigenvalue weighted by molar-refractivity contribution is 6.39. The van der Waals surface area contributed by atoms with E-state index in [0.29, 0.717) is 0 Å². The van der Waals surface area contributed by atoms with Gasteiger partial charge in [0.25, 0.3) is 5.69 Å². The molecule has 0 heterocycles. The Morgan fingerprint density at radius 1 is 1.35 bits per heavy atom. The number of aromatic hydroxyl groups is 1. The predicted molar refractivity (Wildman–Crippen MR) is 57.5 cm³/mol. The van der Waals surface area contributed by atoms with Gasteiger partial charge in [-0.05, 0) is 6.07 Å². The number of likely N-dealkylation sites (N-methyl/N-ethyl adjacent to an activating group) is 1. The SMILES string of the molecule is CNC(=O)C(=O)Nc1ccc([N+](=O)[O-])cc1O. The Labute approximate surface area is 95.4 Å². The molecule has 0 radical (unpaired) electrons. The number of nitro benzene ring substituents is 1. The lowest BCUT2D eigenvalue weighted by molar-refractivity contribution is -0.384. The molecule has 2 amide bonds. The van der Waals surface area contributed by atoms with Gasteiger partial charge in [0, 0.05) is 13.1 Å². The van der Waals surface area contributed by atoms with E-state index in [1.165, 1.54) is 7.05 Å². The first-order chi connectivity index (χ1) is 7.95. The first-order valence-corrected chi connectivity index (χ1v) is 4.46. The van der Waals surface area contributed by atoms with Crippen LogP contribution in [0.5, 0.6) is 5.75 Å². The normalized spacial score (nSPS) is 9.47. The maximum absolute atomic E-state index is 11.1. The van der Waals surface area contributed by atoms with Gasteiger partial charge in [-0.15, -0.1) is 0 Å². The molecule has 8 heteroatoms. The van der Waals surface area contributed by atoms with E-state index in [2.05, 4.69) is 10.6 Å². The van der Waals surface area contributed by atoms with E-state index in [1.807, 2.05) is 0 Å². The number of benzene rings is 1. The van der Waals surface area contributed by atoms with E-state index >= 15 is 0 Å². The van der Waals surface area contributed by atoms with Crippen molar-refractivity contribution in [3.8, 4) is 5.75 Å². The molecule has 0 fully saturated rings. The second-order valence-electron chi connectivity index (χ2n) is 2.99. The molecule has 1 aromatic carbocycles. The summed E-state index contributed by atoms with van der Waals surface area (Å²) in [6, 6.07) is 3.10. The van der Waals surface area contributed by atoms with Crippen molar-refractivity contribution in [2.75, 3.05) is 12.4 Å². The highest BCUT2D eigenvalue weighted by Crippen LogP contribution is 2.27. The van der Waals surface area contributed by atoms with Gasteiger partial charge in [0.05, 0.1) is 16.7 Å². The molecular formula is C9H9N3O5. The fraction of sp³-hybridized carbons (Fsp3) is 0.111. The molecule has 0 aromatic heterocycles. The fourth-order valence-electron chi connectivity index (χ4n) is 1.03. The van der Waals surface area contributed by atoms with E-state index in [4.69, 9.17) is 0 Å². The average Bonchev–Trinajstić information content (AvgIpc) is 2.30. The van der Waals surface area contributed by atoms with Crippen LogP contribution in [-0.4, -0.2) is 28.9 Å². The number of hydrogen-bond donors (Lipinski definition) is 3. The Kier molecular flexibility index (Phi) is 3.60. The summed E-state index contributed by atoms with van der Waals surface area (Å²) in [5.41, 5.74) is -0.398. The van der Waals surface area contributed by atoms with Crippen LogP contribution in [-0.2, 0) is 9.59 Å². The molecule has 1 rings (SSSR count). The Hall–Kier alpha value is -2.64. The third-order valence-electron chi connectivity index (χ3n) is 1.87. The van der Waals surface area contributed by atoms with E-state index in [9.17, 15) is 24.8 Å².